The molecule has 3 heteroatoms. The molecule has 0 aliphatic heterocycles. The van der Waals surface area contributed by atoms with Gasteiger partial charge in [-0.3, -0.25) is 0 Å². The molecule has 1 fully saturated rings. The fourth-order valence-corrected chi connectivity index (χ4v) is 2.63. The molecule has 0 heterocycles. The Morgan fingerprint density at radius 2 is 1.84 bits per heavy atom. The Labute approximate surface area is 115 Å². The van der Waals surface area contributed by atoms with Crippen molar-refractivity contribution in [1.82, 2.24) is 0 Å². The Kier molecular flexibility index (Phi) is 5.08. The molecule has 19 heavy (non-hydrogen) atoms. The van der Waals surface area contributed by atoms with Crippen LogP contribution in [0.5, 0.6) is 11.5 Å². The lowest BCUT2D eigenvalue weighted by atomic mass is 10.1. The van der Waals surface area contributed by atoms with Crippen LogP contribution < -0.4 is 9.47 Å². The average Bonchev–Trinajstić information content (AvgIpc) is 2.67. The smallest absolute Gasteiger partial charge is 0.129 e. The van der Waals surface area contributed by atoms with Gasteiger partial charge in [-0.15, -0.1) is 0 Å². The molecule has 1 unspecified atom stereocenters. The number of ether oxygens (including phenoxy) is 2. The van der Waals surface area contributed by atoms with Gasteiger partial charge in [0, 0.05) is 11.6 Å². The zero-order chi connectivity index (χ0) is 13.7. The van der Waals surface area contributed by atoms with Crippen molar-refractivity contribution in [2.75, 3.05) is 7.11 Å². The third-order valence-electron chi connectivity index (χ3n) is 3.77. The van der Waals surface area contributed by atoms with Gasteiger partial charge in [0.1, 0.15) is 11.5 Å². The molecule has 0 spiro atoms. The van der Waals surface area contributed by atoms with Crippen molar-refractivity contribution in [1.29, 1.82) is 0 Å². The van der Waals surface area contributed by atoms with Crippen LogP contribution in [0.2, 0.25) is 0 Å². The van der Waals surface area contributed by atoms with E-state index in [9.17, 15) is 5.11 Å². The Hall–Kier alpha value is -1.22. The zero-order valence-electron chi connectivity index (χ0n) is 11.9. The average molecular weight is 264 g/mol. The summed E-state index contributed by atoms with van der Waals surface area (Å²) < 4.78 is 11.4. The first-order chi connectivity index (χ1) is 9.20. The van der Waals surface area contributed by atoms with Crippen LogP contribution in [-0.4, -0.2) is 18.3 Å². The van der Waals surface area contributed by atoms with Gasteiger partial charge in [-0.25, -0.2) is 0 Å². The number of methoxy groups -OCH3 is 1. The number of rotatable bonds is 4. The highest BCUT2D eigenvalue weighted by Gasteiger charge is 2.17. The van der Waals surface area contributed by atoms with Gasteiger partial charge in [0.15, 0.2) is 0 Å². The second-order valence-electron chi connectivity index (χ2n) is 5.31. The van der Waals surface area contributed by atoms with E-state index in [2.05, 4.69) is 0 Å². The van der Waals surface area contributed by atoms with Crippen LogP contribution in [0.25, 0.3) is 0 Å². The van der Waals surface area contributed by atoms with Crippen molar-refractivity contribution in [3.05, 3.63) is 23.8 Å². The molecular formula is C16H24O3. The van der Waals surface area contributed by atoms with Gasteiger partial charge in [0.2, 0.25) is 0 Å². The lowest BCUT2D eigenvalue weighted by molar-refractivity contribution is 0.161. The molecule has 1 N–H and O–H groups in total. The molecule has 1 atom stereocenters. The molecular weight excluding hydrogens is 240 g/mol. The molecule has 0 saturated heterocycles. The van der Waals surface area contributed by atoms with E-state index in [4.69, 9.17) is 9.47 Å². The van der Waals surface area contributed by atoms with Crippen LogP contribution in [0.3, 0.4) is 0 Å². The maximum Gasteiger partial charge on any atom is 0.129 e. The Morgan fingerprint density at radius 1 is 1.16 bits per heavy atom. The van der Waals surface area contributed by atoms with Gasteiger partial charge in [-0.1, -0.05) is 12.8 Å². The van der Waals surface area contributed by atoms with E-state index in [1.165, 1.54) is 25.7 Å². The molecule has 0 aromatic heterocycles. The molecule has 1 saturated carbocycles. The van der Waals surface area contributed by atoms with Gasteiger partial charge in [-0.2, -0.15) is 0 Å². The Balaban J connectivity index is 2.16. The highest BCUT2D eigenvalue weighted by Crippen LogP contribution is 2.32. The number of benzene rings is 1. The number of hydrogen-bond acceptors (Lipinski definition) is 3. The Bertz CT molecular complexity index is 393. The van der Waals surface area contributed by atoms with Crippen molar-refractivity contribution >= 4 is 0 Å². The minimum Gasteiger partial charge on any atom is -0.497 e. The van der Waals surface area contributed by atoms with E-state index in [-0.39, 0.29) is 6.10 Å². The van der Waals surface area contributed by atoms with Gasteiger partial charge >= 0.3 is 0 Å². The summed E-state index contributed by atoms with van der Waals surface area (Å²) in [6.45, 7) is 1.77. The molecule has 106 valence electrons. The molecule has 1 aromatic carbocycles. The normalized spacial score (nSPS) is 18.7. The molecule has 0 bridgehead atoms. The van der Waals surface area contributed by atoms with E-state index in [0.717, 1.165) is 29.9 Å². The molecule has 0 radical (unpaired) electrons. The van der Waals surface area contributed by atoms with Crippen molar-refractivity contribution in [2.45, 2.75) is 57.7 Å². The van der Waals surface area contributed by atoms with E-state index < -0.39 is 6.10 Å². The number of aliphatic hydroxyl groups excluding tert-OH is 1. The maximum absolute atomic E-state index is 9.83. The summed E-state index contributed by atoms with van der Waals surface area (Å²) in [6, 6.07) is 5.63. The van der Waals surface area contributed by atoms with E-state index >= 15 is 0 Å². The minimum absolute atomic E-state index is 0.270. The molecule has 1 aromatic rings. The fourth-order valence-electron chi connectivity index (χ4n) is 2.63. The molecule has 3 nitrogen and oxygen atoms in total. The Morgan fingerprint density at radius 3 is 2.42 bits per heavy atom. The van der Waals surface area contributed by atoms with Gasteiger partial charge < -0.3 is 14.6 Å². The standard InChI is InChI=1S/C16H24O3/c1-12(17)15-10-9-14(18-2)11-16(15)19-13-7-5-3-4-6-8-13/h9-13,17H,3-8H2,1-2H3. The first-order valence-corrected chi connectivity index (χ1v) is 7.23. The van der Waals surface area contributed by atoms with Crippen LogP contribution in [-0.2, 0) is 0 Å². The summed E-state index contributed by atoms with van der Waals surface area (Å²) >= 11 is 0. The lowest BCUT2D eigenvalue weighted by Crippen LogP contribution is -2.16. The lowest BCUT2D eigenvalue weighted by Gasteiger charge is -2.21. The first kappa shape index (κ1) is 14.2. The minimum atomic E-state index is -0.522. The predicted octanol–water partition coefficient (Wildman–Crippen LogP) is 3.85. The van der Waals surface area contributed by atoms with Crippen LogP contribution in [0.15, 0.2) is 18.2 Å². The quantitative estimate of drug-likeness (QED) is 0.839. The summed E-state index contributed by atoms with van der Waals surface area (Å²) in [5.74, 6) is 1.54. The second kappa shape index (κ2) is 6.80. The van der Waals surface area contributed by atoms with Gasteiger partial charge in [0.05, 0.1) is 19.3 Å². The highest BCUT2D eigenvalue weighted by molar-refractivity contribution is 5.42. The summed E-state index contributed by atoms with van der Waals surface area (Å²) in [5, 5.41) is 9.83. The van der Waals surface area contributed by atoms with Crippen LogP contribution in [0.4, 0.5) is 0 Å². The monoisotopic (exact) mass is 264 g/mol. The molecule has 1 aliphatic rings. The largest absolute Gasteiger partial charge is 0.497 e. The van der Waals surface area contributed by atoms with Crippen LogP contribution in [0, 0.1) is 0 Å². The topological polar surface area (TPSA) is 38.7 Å². The van der Waals surface area contributed by atoms with Crippen molar-refractivity contribution < 1.29 is 14.6 Å². The third-order valence-corrected chi connectivity index (χ3v) is 3.77. The van der Waals surface area contributed by atoms with E-state index in [0.29, 0.717) is 0 Å². The van der Waals surface area contributed by atoms with Gasteiger partial charge in [0.25, 0.3) is 0 Å². The fraction of sp³-hybridized carbons (Fsp3) is 0.625. The third kappa shape index (κ3) is 3.87. The van der Waals surface area contributed by atoms with E-state index in [1.54, 1.807) is 14.0 Å². The van der Waals surface area contributed by atoms with E-state index in [1.807, 2.05) is 18.2 Å². The molecule has 1 aliphatic carbocycles. The van der Waals surface area contributed by atoms with Crippen molar-refractivity contribution in [3.63, 3.8) is 0 Å². The SMILES string of the molecule is COc1ccc(C(C)O)c(OC2CCCCCC2)c1. The number of hydrogen-bond donors (Lipinski definition) is 1. The van der Waals surface area contributed by atoms with Crippen molar-refractivity contribution in [3.8, 4) is 11.5 Å². The summed E-state index contributed by atoms with van der Waals surface area (Å²) in [6.07, 6.45) is 7.05. The second-order valence-corrected chi connectivity index (χ2v) is 5.31. The van der Waals surface area contributed by atoms with Crippen molar-refractivity contribution in [2.24, 2.45) is 0 Å². The van der Waals surface area contributed by atoms with Crippen LogP contribution >= 0.6 is 0 Å². The summed E-state index contributed by atoms with van der Waals surface area (Å²) in [7, 11) is 1.65. The van der Waals surface area contributed by atoms with Crippen LogP contribution in [0.1, 0.15) is 57.1 Å². The molecule has 2 rings (SSSR count). The summed E-state index contributed by atoms with van der Waals surface area (Å²) in [4.78, 5) is 0. The number of aliphatic hydroxyl groups is 1. The van der Waals surface area contributed by atoms with Gasteiger partial charge in [-0.05, 0) is 44.7 Å². The molecule has 0 amide bonds. The summed E-state index contributed by atoms with van der Waals surface area (Å²) in [5.41, 5.74) is 0.838. The first-order valence-electron chi connectivity index (χ1n) is 7.23. The maximum atomic E-state index is 9.83. The predicted molar refractivity (Wildman–Crippen MR) is 75.7 cm³/mol. The highest BCUT2D eigenvalue weighted by atomic mass is 16.5. The zero-order valence-corrected chi connectivity index (χ0v) is 11.9.